The molecule has 1 aliphatic heterocycles. The second-order valence-electron chi connectivity index (χ2n) is 5.09. The summed E-state index contributed by atoms with van der Waals surface area (Å²) in [5, 5.41) is 3.24. The van der Waals surface area contributed by atoms with E-state index < -0.39 is 0 Å². The molecule has 0 aliphatic carbocycles. The van der Waals surface area contributed by atoms with Gasteiger partial charge in [-0.25, -0.2) is 0 Å². The summed E-state index contributed by atoms with van der Waals surface area (Å²) in [5.74, 6) is 0.724. The van der Waals surface area contributed by atoms with Crippen LogP contribution in [0.2, 0.25) is 0 Å². The molecule has 0 saturated carbocycles. The van der Waals surface area contributed by atoms with E-state index in [1.54, 1.807) is 0 Å². The minimum atomic E-state index is -0.0357. The Morgan fingerprint density at radius 3 is 2.56 bits per heavy atom. The van der Waals surface area contributed by atoms with E-state index >= 15 is 0 Å². The maximum absolute atomic E-state index is 12.0. The molecule has 1 heterocycles. The highest BCUT2D eigenvalue weighted by Gasteiger charge is 2.29. The Hall–Kier alpha value is -0.610. The van der Waals surface area contributed by atoms with E-state index in [4.69, 9.17) is 4.74 Å². The van der Waals surface area contributed by atoms with Crippen LogP contribution in [0.15, 0.2) is 0 Å². The van der Waals surface area contributed by atoms with Crippen LogP contribution in [0.4, 0.5) is 0 Å². The molecule has 106 valence electrons. The maximum atomic E-state index is 12.0. The lowest BCUT2D eigenvalue weighted by molar-refractivity contribution is -0.150. The number of nitrogens with zero attached hydrogens (tertiary/aromatic N) is 1. The molecule has 1 saturated heterocycles. The summed E-state index contributed by atoms with van der Waals surface area (Å²) in [4.78, 5) is 14.3. The minimum absolute atomic E-state index is 0.0227. The molecular formula is C14H28N2O2. The number of hydrogen-bond donors (Lipinski definition) is 1. The Kier molecular flexibility index (Phi) is 7.28. The molecule has 18 heavy (non-hydrogen) atoms. The van der Waals surface area contributed by atoms with Crippen molar-refractivity contribution in [1.82, 2.24) is 10.2 Å². The van der Waals surface area contributed by atoms with Gasteiger partial charge in [0.05, 0.1) is 6.61 Å². The average molecular weight is 256 g/mol. The first-order valence-electron chi connectivity index (χ1n) is 7.28. The second-order valence-corrected chi connectivity index (χ2v) is 5.09. The fourth-order valence-electron chi connectivity index (χ4n) is 2.72. The fraction of sp³-hybridized carbons (Fsp3) is 0.929. The summed E-state index contributed by atoms with van der Waals surface area (Å²) in [6, 6.07) is -0.0227. The first kappa shape index (κ1) is 15.4. The summed E-state index contributed by atoms with van der Waals surface area (Å²) in [6.45, 7) is 7.62. The van der Waals surface area contributed by atoms with Crippen molar-refractivity contribution >= 4 is 5.97 Å². The Morgan fingerprint density at radius 2 is 2.06 bits per heavy atom. The standard InChI is InChI=1S/C14H28N2O2/c1-4-6-13(14(17)18-5-2)16-9-7-12(8-10-16)11-15-3/h12-13,15H,4-11H2,1-3H3. The molecule has 0 bridgehead atoms. The number of nitrogens with one attached hydrogen (secondary N) is 1. The SMILES string of the molecule is CCCC(C(=O)OCC)N1CCC(CNC)CC1. The van der Waals surface area contributed by atoms with Crippen molar-refractivity contribution < 1.29 is 9.53 Å². The van der Waals surface area contributed by atoms with Gasteiger partial charge in [0.15, 0.2) is 0 Å². The zero-order valence-electron chi connectivity index (χ0n) is 12.1. The van der Waals surface area contributed by atoms with Crippen LogP contribution in [0.3, 0.4) is 0 Å². The van der Waals surface area contributed by atoms with Crippen LogP contribution in [-0.2, 0) is 9.53 Å². The predicted molar refractivity (Wildman–Crippen MR) is 73.6 cm³/mol. The summed E-state index contributed by atoms with van der Waals surface area (Å²) >= 11 is 0. The van der Waals surface area contributed by atoms with Crippen LogP contribution < -0.4 is 5.32 Å². The molecule has 0 spiro atoms. The van der Waals surface area contributed by atoms with Crippen LogP contribution in [0.5, 0.6) is 0 Å². The Bertz CT molecular complexity index is 238. The second kappa shape index (κ2) is 8.48. The third-order valence-electron chi connectivity index (χ3n) is 3.70. The van der Waals surface area contributed by atoms with Crippen molar-refractivity contribution in [2.75, 3.05) is 33.3 Å². The fourth-order valence-corrected chi connectivity index (χ4v) is 2.72. The molecule has 1 fully saturated rings. The molecular weight excluding hydrogens is 228 g/mol. The van der Waals surface area contributed by atoms with Crippen LogP contribution in [0, 0.1) is 5.92 Å². The highest BCUT2D eigenvalue weighted by molar-refractivity contribution is 5.75. The lowest BCUT2D eigenvalue weighted by atomic mass is 9.95. The van der Waals surface area contributed by atoms with Crippen LogP contribution in [-0.4, -0.2) is 50.2 Å². The largest absolute Gasteiger partial charge is 0.465 e. The first-order valence-corrected chi connectivity index (χ1v) is 7.28. The number of piperidine rings is 1. The molecule has 0 radical (unpaired) electrons. The molecule has 0 aromatic heterocycles. The summed E-state index contributed by atoms with van der Waals surface area (Å²) in [5.41, 5.74) is 0. The van der Waals surface area contributed by atoms with Gasteiger partial charge >= 0.3 is 5.97 Å². The van der Waals surface area contributed by atoms with E-state index in [-0.39, 0.29) is 12.0 Å². The van der Waals surface area contributed by atoms with Crippen molar-refractivity contribution in [3.63, 3.8) is 0 Å². The maximum Gasteiger partial charge on any atom is 0.323 e. The third-order valence-corrected chi connectivity index (χ3v) is 3.70. The molecule has 4 nitrogen and oxygen atoms in total. The van der Waals surface area contributed by atoms with Gasteiger partial charge in [-0.2, -0.15) is 0 Å². The molecule has 1 unspecified atom stereocenters. The van der Waals surface area contributed by atoms with Crippen molar-refractivity contribution in [3.8, 4) is 0 Å². The van der Waals surface area contributed by atoms with E-state index in [1.807, 2.05) is 14.0 Å². The predicted octanol–water partition coefficient (Wildman–Crippen LogP) is 1.65. The average Bonchev–Trinajstić information content (AvgIpc) is 2.38. The van der Waals surface area contributed by atoms with E-state index in [9.17, 15) is 4.79 Å². The highest BCUT2D eigenvalue weighted by atomic mass is 16.5. The van der Waals surface area contributed by atoms with E-state index in [2.05, 4.69) is 17.1 Å². The Morgan fingerprint density at radius 1 is 1.39 bits per heavy atom. The van der Waals surface area contributed by atoms with Gasteiger partial charge in [-0.15, -0.1) is 0 Å². The number of carbonyl (C=O) groups excluding carboxylic acids is 1. The minimum Gasteiger partial charge on any atom is -0.465 e. The normalized spacial score (nSPS) is 19.7. The van der Waals surface area contributed by atoms with Crippen LogP contribution in [0.25, 0.3) is 0 Å². The van der Waals surface area contributed by atoms with Gasteiger partial charge in [-0.05, 0) is 58.8 Å². The van der Waals surface area contributed by atoms with Gasteiger partial charge in [0.1, 0.15) is 6.04 Å². The molecule has 0 aromatic carbocycles. The lowest BCUT2D eigenvalue weighted by Gasteiger charge is -2.36. The Balaban J connectivity index is 2.47. The molecule has 4 heteroatoms. The van der Waals surface area contributed by atoms with Gasteiger partial charge in [0, 0.05) is 0 Å². The van der Waals surface area contributed by atoms with Gasteiger partial charge < -0.3 is 10.1 Å². The van der Waals surface area contributed by atoms with Crippen molar-refractivity contribution in [1.29, 1.82) is 0 Å². The number of likely N-dealkylation sites (tertiary alicyclic amines) is 1. The van der Waals surface area contributed by atoms with Crippen molar-refractivity contribution in [2.45, 2.75) is 45.6 Å². The quantitative estimate of drug-likeness (QED) is 0.703. The van der Waals surface area contributed by atoms with Gasteiger partial charge in [0.2, 0.25) is 0 Å². The van der Waals surface area contributed by atoms with Crippen molar-refractivity contribution in [3.05, 3.63) is 0 Å². The van der Waals surface area contributed by atoms with E-state index in [1.165, 1.54) is 12.8 Å². The highest BCUT2D eigenvalue weighted by Crippen LogP contribution is 2.20. The molecule has 0 aromatic rings. The molecule has 1 atom stereocenters. The van der Waals surface area contributed by atoms with Gasteiger partial charge in [0.25, 0.3) is 0 Å². The zero-order chi connectivity index (χ0) is 13.4. The number of esters is 1. The van der Waals surface area contributed by atoms with Crippen LogP contribution in [0.1, 0.15) is 39.5 Å². The topological polar surface area (TPSA) is 41.6 Å². The molecule has 1 aliphatic rings. The Labute approximate surface area is 111 Å². The number of ether oxygens (including phenoxy) is 1. The molecule has 0 amide bonds. The van der Waals surface area contributed by atoms with Crippen molar-refractivity contribution in [2.24, 2.45) is 5.92 Å². The van der Waals surface area contributed by atoms with Gasteiger partial charge in [-0.3, -0.25) is 9.69 Å². The van der Waals surface area contributed by atoms with Gasteiger partial charge in [-0.1, -0.05) is 13.3 Å². The number of rotatable bonds is 7. The van der Waals surface area contributed by atoms with E-state index in [0.717, 1.165) is 38.4 Å². The smallest absolute Gasteiger partial charge is 0.323 e. The number of hydrogen-bond acceptors (Lipinski definition) is 4. The molecule has 1 rings (SSSR count). The van der Waals surface area contributed by atoms with Crippen LogP contribution >= 0.6 is 0 Å². The lowest BCUT2D eigenvalue weighted by Crippen LogP contribution is -2.47. The van der Waals surface area contributed by atoms with E-state index in [0.29, 0.717) is 6.61 Å². The summed E-state index contributed by atoms with van der Waals surface area (Å²) < 4.78 is 5.19. The molecule has 1 N–H and O–H groups in total. The third kappa shape index (κ3) is 4.58. The zero-order valence-corrected chi connectivity index (χ0v) is 12.1. The number of carbonyl (C=O) groups is 1. The monoisotopic (exact) mass is 256 g/mol. The summed E-state index contributed by atoms with van der Waals surface area (Å²) in [7, 11) is 2.00. The summed E-state index contributed by atoms with van der Waals surface area (Å²) in [6.07, 6.45) is 4.30. The first-order chi connectivity index (χ1) is 8.72.